The predicted octanol–water partition coefficient (Wildman–Crippen LogP) is 2.74. The van der Waals surface area contributed by atoms with Gasteiger partial charge in [-0.2, -0.15) is 5.10 Å². The first-order chi connectivity index (χ1) is 12.2. The summed E-state index contributed by atoms with van der Waals surface area (Å²) in [5.74, 6) is 0.714. The molecule has 0 N–H and O–H groups in total. The van der Waals surface area contributed by atoms with Gasteiger partial charge in [0.2, 0.25) is 0 Å². The van der Waals surface area contributed by atoms with Gasteiger partial charge in [-0.25, -0.2) is 0 Å². The van der Waals surface area contributed by atoms with Crippen molar-refractivity contribution in [3.05, 3.63) is 71.2 Å². The summed E-state index contributed by atoms with van der Waals surface area (Å²) >= 11 is 0. The zero-order valence-electron chi connectivity index (χ0n) is 14.2. The molecule has 6 heteroatoms. The van der Waals surface area contributed by atoms with Gasteiger partial charge in [0.15, 0.2) is 0 Å². The molecule has 1 aliphatic rings. The number of pyridine rings is 1. The highest BCUT2D eigenvalue weighted by atomic mass is 16.3. The van der Waals surface area contributed by atoms with Crippen molar-refractivity contribution in [2.45, 2.75) is 32.4 Å². The van der Waals surface area contributed by atoms with Gasteiger partial charge in [-0.1, -0.05) is 0 Å². The molecule has 0 aliphatic heterocycles. The van der Waals surface area contributed by atoms with Crippen LogP contribution in [0.2, 0.25) is 0 Å². The Morgan fingerprint density at radius 3 is 2.84 bits per heavy atom. The van der Waals surface area contributed by atoms with Gasteiger partial charge >= 0.3 is 0 Å². The summed E-state index contributed by atoms with van der Waals surface area (Å²) in [6.45, 7) is 0.893. The topological polar surface area (TPSA) is 64.2 Å². The van der Waals surface area contributed by atoms with Gasteiger partial charge in [0, 0.05) is 30.7 Å². The molecular weight excluding hydrogens is 316 g/mol. The molecule has 25 heavy (non-hydrogen) atoms. The van der Waals surface area contributed by atoms with E-state index in [1.807, 2.05) is 23.9 Å². The Morgan fingerprint density at radius 2 is 2.08 bits per heavy atom. The first kappa shape index (κ1) is 15.6. The van der Waals surface area contributed by atoms with Crippen molar-refractivity contribution >= 4 is 5.91 Å². The number of nitrogens with zero attached hydrogens (tertiary/aromatic N) is 4. The fourth-order valence-electron chi connectivity index (χ4n) is 3.47. The van der Waals surface area contributed by atoms with Gasteiger partial charge in [0.1, 0.15) is 5.76 Å². The highest BCUT2D eigenvalue weighted by Crippen LogP contribution is 2.26. The smallest absolute Gasteiger partial charge is 0.254 e. The van der Waals surface area contributed by atoms with E-state index in [9.17, 15) is 4.79 Å². The van der Waals surface area contributed by atoms with Crippen molar-refractivity contribution in [1.29, 1.82) is 0 Å². The lowest BCUT2D eigenvalue weighted by atomic mass is 10.1. The Kier molecular flexibility index (Phi) is 4.09. The number of carbonyl (C=O) groups excluding carboxylic acids is 1. The lowest BCUT2D eigenvalue weighted by Gasteiger charge is -2.21. The van der Waals surface area contributed by atoms with Crippen molar-refractivity contribution in [3.8, 4) is 0 Å². The lowest BCUT2D eigenvalue weighted by molar-refractivity contribution is 0.0714. The van der Waals surface area contributed by atoms with Crippen LogP contribution in [0, 0.1) is 0 Å². The maximum absolute atomic E-state index is 13.0. The molecule has 0 aromatic carbocycles. The molecule has 0 fully saturated rings. The normalized spacial score (nSPS) is 13.0. The van der Waals surface area contributed by atoms with Crippen LogP contribution in [0.3, 0.4) is 0 Å². The van der Waals surface area contributed by atoms with Crippen LogP contribution < -0.4 is 0 Å². The zero-order chi connectivity index (χ0) is 17.2. The molecule has 4 rings (SSSR count). The standard InChI is InChI=1S/C19H20N4O2/c1-22-18-6-2-5-16(18)17(21-22)13-23(12-15-4-3-11-25-15)19(24)14-7-9-20-10-8-14/h3-4,7-11H,2,5-6,12-13H2,1H3. The SMILES string of the molecule is Cn1nc(CN(Cc2ccco2)C(=O)c2ccncc2)c2c1CCC2. The van der Waals surface area contributed by atoms with Gasteiger partial charge in [-0.05, 0) is 49.1 Å². The minimum atomic E-state index is -0.0452. The van der Waals surface area contributed by atoms with Gasteiger partial charge in [0.05, 0.1) is 25.0 Å². The molecule has 1 amide bonds. The van der Waals surface area contributed by atoms with E-state index in [1.165, 1.54) is 11.3 Å². The fourth-order valence-corrected chi connectivity index (χ4v) is 3.47. The second-order valence-corrected chi connectivity index (χ2v) is 6.33. The maximum Gasteiger partial charge on any atom is 0.254 e. The van der Waals surface area contributed by atoms with Crippen LogP contribution >= 0.6 is 0 Å². The van der Waals surface area contributed by atoms with Crippen LogP contribution in [-0.2, 0) is 33.0 Å². The summed E-state index contributed by atoms with van der Waals surface area (Å²) in [6, 6.07) is 7.19. The Balaban J connectivity index is 1.64. The predicted molar refractivity (Wildman–Crippen MR) is 91.8 cm³/mol. The van der Waals surface area contributed by atoms with Crippen LogP contribution in [0.15, 0.2) is 47.3 Å². The van der Waals surface area contributed by atoms with Crippen molar-refractivity contribution < 1.29 is 9.21 Å². The largest absolute Gasteiger partial charge is 0.467 e. The van der Waals surface area contributed by atoms with Crippen LogP contribution in [0.4, 0.5) is 0 Å². The fraction of sp³-hybridized carbons (Fsp3) is 0.316. The van der Waals surface area contributed by atoms with Gasteiger partial charge in [0.25, 0.3) is 5.91 Å². The molecule has 1 aliphatic carbocycles. The average molecular weight is 336 g/mol. The third kappa shape index (κ3) is 3.07. The number of amides is 1. The molecule has 0 saturated carbocycles. The third-order valence-corrected chi connectivity index (χ3v) is 4.68. The Labute approximate surface area is 146 Å². The summed E-state index contributed by atoms with van der Waals surface area (Å²) in [4.78, 5) is 18.8. The van der Waals surface area contributed by atoms with Crippen LogP contribution in [0.1, 0.15) is 39.5 Å². The number of rotatable bonds is 5. The van der Waals surface area contributed by atoms with E-state index in [0.29, 0.717) is 18.7 Å². The van der Waals surface area contributed by atoms with E-state index in [-0.39, 0.29) is 5.91 Å². The van der Waals surface area contributed by atoms with Crippen molar-refractivity contribution in [2.75, 3.05) is 0 Å². The molecule has 0 radical (unpaired) electrons. The molecule has 0 unspecified atom stereocenters. The second kappa shape index (κ2) is 6.55. The minimum Gasteiger partial charge on any atom is -0.467 e. The van der Waals surface area contributed by atoms with E-state index in [0.717, 1.165) is 30.7 Å². The van der Waals surface area contributed by atoms with E-state index in [1.54, 1.807) is 35.7 Å². The van der Waals surface area contributed by atoms with E-state index >= 15 is 0 Å². The summed E-state index contributed by atoms with van der Waals surface area (Å²) in [5, 5.41) is 4.66. The van der Waals surface area contributed by atoms with Gasteiger partial charge in [-0.3, -0.25) is 14.5 Å². The van der Waals surface area contributed by atoms with Crippen LogP contribution in [0.5, 0.6) is 0 Å². The maximum atomic E-state index is 13.0. The summed E-state index contributed by atoms with van der Waals surface area (Å²) in [7, 11) is 1.98. The molecule has 3 aromatic rings. The van der Waals surface area contributed by atoms with E-state index < -0.39 is 0 Å². The molecule has 0 bridgehead atoms. The lowest BCUT2D eigenvalue weighted by Crippen LogP contribution is -2.30. The van der Waals surface area contributed by atoms with E-state index in [2.05, 4.69) is 10.1 Å². The molecule has 0 atom stereocenters. The summed E-state index contributed by atoms with van der Waals surface area (Å²) in [6.07, 6.45) is 8.16. The Bertz CT molecular complexity index is 868. The Morgan fingerprint density at radius 1 is 1.24 bits per heavy atom. The number of carbonyl (C=O) groups is 1. The number of aryl methyl sites for hydroxylation is 1. The molecule has 3 heterocycles. The first-order valence-electron chi connectivity index (χ1n) is 8.47. The monoisotopic (exact) mass is 336 g/mol. The van der Waals surface area contributed by atoms with Gasteiger partial charge in [-0.15, -0.1) is 0 Å². The first-order valence-corrected chi connectivity index (χ1v) is 8.47. The molecule has 0 saturated heterocycles. The third-order valence-electron chi connectivity index (χ3n) is 4.68. The molecule has 6 nitrogen and oxygen atoms in total. The summed E-state index contributed by atoms with van der Waals surface area (Å²) < 4.78 is 7.41. The quantitative estimate of drug-likeness (QED) is 0.719. The number of fused-ring (bicyclic) bond motifs is 1. The molecule has 0 spiro atoms. The van der Waals surface area contributed by atoms with Crippen molar-refractivity contribution in [1.82, 2.24) is 19.7 Å². The second-order valence-electron chi connectivity index (χ2n) is 6.33. The van der Waals surface area contributed by atoms with Crippen LogP contribution in [0.25, 0.3) is 0 Å². The average Bonchev–Trinajstić information content (AvgIpc) is 3.36. The molecule has 3 aromatic heterocycles. The van der Waals surface area contributed by atoms with Crippen molar-refractivity contribution in [2.24, 2.45) is 7.05 Å². The Hall–Kier alpha value is -2.89. The van der Waals surface area contributed by atoms with Crippen LogP contribution in [-0.4, -0.2) is 25.6 Å². The zero-order valence-corrected chi connectivity index (χ0v) is 14.2. The molecule has 128 valence electrons. The van der Waals surface area contributed by atoms with Gasteiger partial charge < -0.3 is 9.32 Å². The number of hydrogen-bond donors (Lipinski definition) is 0. The van der Waals surface area contributed by atoms with E-state index in [4.69, 9.17) is 4.42 Å². The molecular formula is C19H20N4O2. The number of aromatic nitrogens is 3. The highest BCUT2D eigenvalue weighted by molar-refractivity contribution is 5.94. The minimum absolute atomic E-state index is 0.0452. The highest BCUT2D eigenvalue weighted by Gasteiger charge is 2.25. The number of hydrogen-bond acceptors (Lipinski definition) is 4. The number of furan rings is 1. The van der Waals surface area contributed by atoms with Crippen molar-refractivity contribution in [3.63, 3.8) is 0 Å². The summed E-state index contributed by atoms with van der Waals surface area (Å²) in [5.41, 5.74) is 4.21.